The standard InChI is InChI=1S/C51H33N3O/c1-5-15-34(16-6-1)40-23-13-24-41(33-40)43-25-14-26-45-46-42(31-32-44(48(46)55-47(43)45)35-17-7-2-8-18-35)36-27-29-39(30-28-36)51-53-49(37-19-9-3-10-20-37)52-50(54-51)38-21-11-4-12-22-38/h1-33H. The van der Waals surface area contributed by atoms with Gasteiger partial charge in [-0.25, -0.2) is 15.0 Å². The van der Waals surface area contributed by atoms with Gasteiger partial charge in [-0.05, 0) is 45.5 Å². The minimum atomic E-state index is 0.625. The van der Waals surface area contributed by atoms with Crippen molar-refractivity contribution >= 4 is 21.9 Å². The summed E-state index contributed by atoms with van der Waals surface area (Å²) in [5.74, 6) is 1.91. The summed E-state index contributed by atoms with van der Waals surface area (Å²) in [4.78, 5) is 14.8. The van der Waals surface area contributed by atoms with Crippen LogP contribution < -0.4 is 0 Å². The molecule has 55 heavy (non-hydrogen) atoms. The van der Waals surface area contributed by atoms with E-state index in [0.29, 0.717) is 17.5 Å². The van der Waals surface area contributed by atoms with E-state index in [-0.39, 0.29) is 0 Å². The zero-order chi connectivity index (χ0) is 36.6. The zero-order valence-electron chi connectivity index (χ0n) is 29.8. The lowest BCUT2D eigenvalue weighted by Gasteiger charge is -2.10. The van der Waals surface area contributed by atoms with Gasteiger partial charge in [0.05, 0.1) is 0 Å². The molecule has 0 amide bonds. The van der Waals surface area contributed by atoms with E-state index in [1.54, 1.807) is 0 Å². The third-order valence-corrected chi connectivity index (χ3v) is 10.2. The fraction of sp³-hybridized carbons (Fsp3) is 0. The first kappa shape index (κ1) is 32.2. The number of hydrogen-bond donors (Lipinski definition) is 0. The highest BCUT2D eigenvalue weighted by molar-refractivity contribution is 6.18. The SMILES string of the molecule is c1ccc(-c2cccc(-c3cccc4c3oc3c(-c5ccccc5)ccc(-c5ccc(-c6nc(-c7ccccc7)nc(-c7ccccc7)n6)cc5)c34)c2)cc1. The fourth-order valence-electron chi connectivity index (χ4n) is 7.45. The normalized spacial score (nSPS) is 11.3. The Labute approximate surface area is 319 Å². The molecule has 4 heteroatoms. The first-order valence-corrected chi connectivity index (χ1v) is 18.4. The summed E-state index contributed by atoms with van der Waals surface area (Å²) in [6.07, 6.45) is 0. The molecule has 2 aromatic heterocycles. The molecule has 0 atom stereocenters. The summed E-state index contributed by atoms with van der Waals surface area (Å²) in [6.45, 7) is 0. The number of benzene rings is 8. The molecule has 0 radical (unpaired) electrons. The molecule has 0 aliphatic heterocycles. The topological polar surface area (TPSA) is 51.8 Å². The van der Waals surface area contributed by atoms with Crippen LogP contribution in [0.1, 0.15) is 0 Å². The molecule has 0 aliphatic carbocycles. The van der Waals surface area contributed by atoms with E-state index in [1.807, 2.05) is 66.7 Å². The molecule has 0 bridgehead atoms. The Hall–Kier alpha value is -7.43. The van der Waals surface area contributed by atoms with Gasteiger partial charge in [0.25, 0.3) is 0 Å². The van der Waals surface area contributed by atoms with Gasteiger partial charge in [-0.2, -0.15) is 0 Å². The number of hydrogen-bond acceptors (Lipinski definition) is 4. The van der Waals surface area contributed by atoms with Gasteiger partial charge >= 0.3 is 0 Å². The van der Waals surface area contributed by atoms with Crippen molar-refractivity contribution in [2.24, 2.45) is 0 Å². The second-order valence-corrected chi connectivity index (χ2v) is 13.6. The van der Waals surface area contributed by atoms with Gasteiger partial charge in [0.1, 0.15) is 11.2 Å². The highest BCUT2D eigenvalue weighted by Gasteiger charge is 2.20. The molecule has 0 saturated heterocycles. The van der Waals surface area contributed by atoms with Crippen LogP contribution in [0.3, 0.4) is 0 Å². The van der Waals surface area contributed by atoms with Crippen LogP contribution in [0.15, 0.2) is 205 Å². The molecular formula is C51H33N3O. The monoisotopic (exact) mass is 703 g/mol. The zero-order valence-corrected chi connectivity index (χ0v) is 29.8. The van der Waals surface area contributed by atoms with E-state index in [4.69, 9.17) is 19.4 Å². The van der Waals surface area contributed by atoms with Crippen molar-refractivity contribution in [1.82, 2.24) is 15.0 Å². The maximum Gasteiger partial charge on any atom is 0.164 e. The van der Waals surface area contributed by atoms with Crippen LogP contribution in [0.4, 0.5) is 0 Å². The molecule has 0 fully saturated rings. The Kier molecular flexibility index (Phi) is 8.12. The second-order valence-electron chi connectivity index (χ2n) is 13.6. The molecule has 2 heterocycles. The molecule has 0 spiro atoms. The Balaban J connectivity index is 1.12. The van der Waals surface area contributed by atoms with E-state index in [1.165, 1.54) is 11.1 Å². The van der Waals surface area contributed by atoms with Crippen LogP contribution in [-0.2, 0) is 0 Å². The lowest BCUT2D eigenvalue weighted by atomic mass is 9.93. The summed E-state index contributed by atoms with van der Waals surface area (Å²) < 4.78 is 7.01. The Morgan fingerprint density at radius 3 is 1.29 bits per heavy atom. The number of fused-ring (bicyclic) bond motifs is 3. The van der Waals surface area contributed by atoms with E-state index in [9.17, 15) is 0 Å². The summed E-state index contributed by atoms with van der Waals surface area (Å²) in [5, 5.41) is 2.16. The maximum absolute atomic E-state index is 7.01. The Morgan fingerprint density at radius 2 is 0.691 bits per heavy atom. The smallest absolute Gasteiger partial charge is 0.164 e. The molecule has 0 N–H and O–H groups in total. The Morgan fingerprint density at radius 1 is 0.273 bits per heavy atom. The number of furan rings is 1. The van der Waals surface area contributed by atoms with Crippen molar-refractivity contribution in [2.45, 2.75) is 0 Å². The number of rotatable bonds is 7. The first-order valence-electron chi connectivity index (χ1n) is 18.4. The minimum absolute atomic E-state index is 0.625. The fourth-order valence-corrected chi connectivity index (χ4v) is 7.45. The molecule has 0 aliphatic rings. The van der Waals surface area contributed by atoms with Crippen molar-refractivity contribution < 1.29 is 4.42 Å². The van der Waals surface area contributed by atoms with Gasteiger partial charge < -0.3 is 4.42 Å². The van der Waals surface area contributed by atoms with E-state index < -0.39 is 0 Å². The van der Waals surface area contributed by atoms with Crippen LogP contribution in [0, 0.1) is 0 Å². The van der Waals surface area contributed by atoms with Gasteiger partial charge in [0, 0.05) is 38.6 Å². The molecule has 10 rings (SSSR count). The Bertz CT molecular complexity index is 2880. The third-order valence-electron chi connectivity index (χ3n) is 10.2. The lowest BCUT2D eigenvalue weighted by molar-refractivity contribution is 0.671. The van der Waals surface area contributed by atoms with Crippen molar-refractivity contribution in [2.75, 3.05) is 0 Å². The van der Waals surface area contributed by atoms with Crippen molar-refractivity contribution in [3.8, 4) is 78.7 Å². The highest BCUT2D eigenvalue weighted by atomic mass is 16.3. The van der Waals surface area contributed by atoms with Crippen LogP contribution in [0.2, 0.25) is 0 Å². The third kappa shape index (κ3) is 6.06. The second kappa shape index (κ2) is 13.8. The average Bonchev–Trinajstić information content (AvgIpc) is 3.67. The molecule has 258 valence electrons. The highest BCUT2D eigenvalue weighted by Crippen LogP contribution is 2.45. The average molecular weight is 704 g/mol. The van der Waals surface area contributed by atoms with Crippen LogP contribution in [0.25, 0.3) is 101 Å². The summed E-state index contributed by atoms with van der Waals surface area (Å²) in [5.41, 5.74) is 13.4. The van der Waals surface area contributed by atoms with Gasteiger partial charge in [-0.3, -0.25) is 0 Å². The number of nitrogens with zero attached hydrogens (tertiary/aromatic N) is 3. The quantitative estimate of drug-likeness (QED) is 0.166. The van der Waals surface area contributed by atoms with Crippen molar-refractivity contribution in [3.05, 3.63) is 200 Å². The molecule has 10 aromatic rings. The maximum atomic E-state index is 7.01. The first-order chi connectivity index (χ1) is 27.3. The molecule has 0 unspecified atom stereocenters. The van der Waals surface area contributed by atoms with E-state index in [2.05, 4.69) is 133 Å². The summed E-state index contributed by atoms with van der Waals surface area (Å²) in [7, 11) is 0. The van der Waals surface area contributed by atoms with Gasteiger partial charge in [-0.15, -0.1) is 0 Å². The van der Waals surface area contributed by atoms with Gasteiger partial charge in [0.15, 0.2) is 17.5 Å². The lowest BCUT2D eigenvalue weighted by Crippen LogP contribution is -2.00. The predicted molar refractivity (Wildman–Crippen MR) is 225 cm³/mol. The van der Waals surface area contributed by atoms with Crippen LogP contribution >= 0.6 is 0 Å². The molecule has 0 saturated carbocycles. The van der Waals surface area contributed by atoms with Crippen molar-refractivity contribution in [3.63, 3.8) is 0 Å². The summed E-state index contributed by atoms with van der Waals surface area (Å²) in [6, 6.07) is 69.2. The van der Waals surface area contributed by atoms with Gasteiger partial charge in [-0.1, -0.05) is 188 Å². The number of aromatic nitrogens is 3. The minimum Gasteiger partial charge on any atom is -0.455 e. The van der Waals surface area contributed by atoms with Crippen molar-refractivity contribution in [1.29, 1.82) is 0 Å². The molecular weight excluding hydrogens is 671 g/mol. The largest absolute Gasteiger partial charge is 0.455 e. The van der Waals surface area contributed by atoms with E-state index in [0.717, 1.165) is 72.0 Å². The van der Waals surface area contributed by atoms with Crippen LogP contribution in [-0.4, -0.2) is 15.0 Å². The summed E-state index contributed by atoms with van der Waals surface area (Å²) >= 11 is 0. The van der Waals surface area contributed by atoms with E-state index >= 15 is 0 Å². The number of para-hydroxylation sites is 1. The predicted octanol–water partition coefficient (Wildman–Crippen LogP) is 13.4. The molecule has 8 aromatic carbocycles. The molecule has 4 nitrogen and oxygen atoms in total. The van der Waals surface area contributed by atoms with Gasteiger partial charge in [0.2, 0.25) is 0 Å². The van der Waals surface area contributed by atoms with Crippen LogP contribution in [0.5, 0.6) is 0 Å².